The van der Waals surface area contributed by atoms with Crippen LogP contribution in [0, 0.1) is 0 Å². The second-order valence-electron chi connectivity index (χ2n) is 6.74. The molecule has 0 radical (unpaired) electrons. The minimum absolute atomic E-state index is 0.0586. The quantitative estimate of drug-likeness (QED) is 0.825. The lowest BCUT2D eigenvalue weighted by Crippen LogP contribution is -2.53. The minimum atomic E-state index is -5.23. The molecule has 9 heteroatoms. The van der Waals surface area contributed by atoms with Crippen molar-refractivity contribution < 1.29 is 27.6 Å². The van der Waals surface area contributed by atoms with Crippen molar-refractivity contribution in [2.45, 2.75) is 30.8 Å². The molecule has 1 amide bonds. The number of carbonyl (C=O) groups is 2. The molecule has 3 rings (SSSR count). The third-order valence-electron chi connectivity index (χ3n) is 4.97. The van der Waals surface area contributed by atoms with E-state index in [1.165, 1.54) is 7.05 Å². The molecule has 0 saturated carbocycles. The van der Waals surface area contributed by atoms with Gasteiger partial charge in [0.05, 0.1) is 0 Å². The fraction of sp³-hybridized carbons (Fsp3) is 0.300. The van der Waals surface area contributed by atoms with Gasteiger partial charge in [-0.05, 0) is 24.0 Å². The van der Waals surface area contributed by atoms with E-state index in [0.29, 0.717) is 17.0 Å². The number of rotatable bonds is 5. The summed E-state index contributed by atoms with van der Waals surface area (Å²) < 4.78 is 38.7. The van der Waals surface area contributed by atoms with Gasteiger partial charge in [0.25, 0.3) is 5.91 Å². The molecule has 2 unspecified atom stereocenters. The van der Waals surface area contributed by atoms with Crippen molar-refractivity contribution in [2.75, 3.05) is 7.05 Å². The summed E-state index contributed by atoms with van der Waals surface area (Å²) in [7, 11) is 1.36. The van der Waals surface area contributed by atoms with Crippen LogP contribution in [0.3, 0.4) is 0 Å². The molecule has 1 aliphatic rings. The number of amides is 1. The number of likely N-dealkylation sites (N-methyl/N-ethyl adjacent to an activating group) is 1. The molecule has 1 aliphatic heterocycles. The van der Waals surface area contributed by atoms with Gasteiger partial charge in [-0.2, -0.15) is 13.2 Å². The topological polar surface area (TPSA) is 75.9 Å². The third-order valence-corrected chi connectivity index (χ3v) is 4.97. The van der Waals surface area contributed by atoms with E-state index < -0.39 is 29.9 Å². The number of halogens is 3. The molecule has 1 fully saturated rings. The minimum Gasteiger partial charge on any atom is -0.356 e. The van der Waals surface area contributed by atoms with Gasteiger partial charge < -0.3 is 9.74 Å². The second kappa shape index (κ2) is 7.84. The number of hydroxylamine groups is 2. The van der Waals surface area contributed by atoms with Crippen LogP contribution in [0.2, 0.25) is 0 Å². The van der Waals surface area contributed by atoms with Crippen LogP contribution in [-0.4, -0.2) is 41.4 Å². The summed E-state index contributed by atoms with van der Waals surface area (Å²) in [6.07, 6.45) is -6.19. The Kier molecular flexibility index (Phi) is 5.63. The summed E-state index contributed by atoms with van der Waals surface area (Å²) in [5.74, 6) is -2.99. The molecular weight excluding hydrogens is 387 g/mol. The highest BCUT2D eigenvalue weighted by molar-refractivity contribution is 5.90. The SMILES string of the molecule is CN1C(=O)C(CCc2ccccc2)(c2ccccc2)N(OC(=O)C(F)(F)F)C1N. The van der Waals surface area contributed by atoms with Gasteiger partial charge in [-0.3, -0.25) is 10.5 Å². The van der Waals surface area contributed by atoms with E-state index in [2.05, 4.69) is 4.84 Å². The van der Waals surface area contributed by atoms with Crippen molar-refractivity contribution in [1.82, 2.24) is 9.96 Å². The van der Waals surface area contributed by atoms with Crippen LogP contribution >= 0.6 is 0 Å². The smallest absolute Gasteiger partial charge is 0.356 e. The first-order valence-corrected chi connectivity index (χ1v) is 8.88. The van der Waals surface area contributed by atoms with Crippen LogP contribution in [-0.2, 0) is 26.4 Å². The zero-order valence-corrected chi connectivity index (χ0v) is 15.6. The maximum atomic E-state index is 13.2. The van der Waals surface area contributed by atoms with E-state index in [-0.39, 0.29) is 6.42 Å². The highest BCUT2D eigenvalue weighted by Gasteiger charge is 2.60. The van der Waals surface area contributed by atoms with Gasteiger partial charge in [-0.1, -0.05) is 65.7 Å². The molecule has 0 aromatic heterocycles. The molecule has 6 nitrogen and oxygen atoms in total. The van der Waals surface area contributed by atoms with Crippen molar-refractivity contribution in [2.24, 2.45) is 5.73 Å². The normalized spacial score (nSPS) is 22.7. The highest BCUT2D eigenvalue weighted by Crippen LogP contribution is 2.42. The lowest BCUT2D eigenvalue weighted by atomic mass is 9.83. The van der Waals surface area contributed by atoms with Gasteiger partial charge in [-0.15, -0.1) is 0 Å². The van der Waals surface area contributed by atoms with E-state index in [1.807, 2.05) is 30.3 Å². The van der Waals surface area contributed by atoms with Crippen molar-refractivity contribution in [3.05, 3.63) is 71.8 Å². The van der Waals surface area contributed by atoms with E-state index >= 15 is 0 Å². The lowest BCUT2D eigenvalue weighted by molar-refractivity contribution is -0.265. The average Bonchev–Trinajstić information content (AvgIpc) is 2.89. The van der Waals surface area contributed by atoms with Gasteiger partial charge in [0.15, 0.2) is 11.8 Å². The van der Waals surface area contributed by atoms with E-state index in [0.717, 1.165) is 10.5 Å². The number of aryl methyl sites for hydroxylation is 1. The molecule has 29 heavy (non-hydrogen) atoms. The summed E-state index contributed by atoms with van der Waals surface area (Å²) in [6, 6.07) is 17.4. The molecular formula is C20H20F3N3O3. The van der Waals surface area contributed by atoms with Crippen LogP contribution in [0.25, 0.3) is 0 Å². The van der Waals surface area contributed by atoms with E-state index in [9.17, 15) is 22.8 Å². The first-order chi connectivity index (χ1) is 13.7. The van der Waals surface area contributed by atoms with Crippen LogP contribution in [0.1, 0.15) is 17.5 Å². The maximum absolute atomic E-state index is 13.2. The molecule has 2 N–H and O–H groups in total. The Morgan fingerprint density at radius 3 is 2.21 bits per heavy atom. The van der Waals surface area contributed by atoms with Crippen LogP contribution < -0.4 is 5.73 Å². The van der Waals surface area contributed by atoms with Crippen LogP contribution in [0.15, 0.2) is 60.7 Å². The lowest BCUT2D eigenvalue weighted by Gasteiger charge is -2.35. The van der Waals surface area contributed by atoms with Crippen molar-refractivity contribution in [3.63, 3.8) is 0 Å². The fourth-order valence-electron chi connectivity index (χ4n) is 3.46. The predicted molar refractivity (Wildman–Crippen MR) is 97.6 cm³/mol. The Morgan fingerprint density at radius 1 is 1.10 bits per heavy atom. The van der Waals surface area contributed by atoms with Gasteiger partial charge in [0.1, 0.15) is 0 Å². The Balaban J connectivity index is 2.06. The standard InChI is InChI=1S/C20H20F3N3O3/c1-25-16(27)19(15-10-6-3-7-11-15,13-12-14-8-4-2-5-9-14)26(18(25)24)29-17(28)20(21,22)23/h2-11,18H,12-13,24H2,1H3. The molecule has 154 valence electrons. The number of hydrogen-bond acceptors (Lipinski definition) is 5. The van der Waals surface area contributed by atoms with Gasteiger partial charge in [-0.25, -0.2) is 4.79 Å². The second-order valence-corrected chi connectivity index (χ2v) is 6.74. The Bertz CT molecular complexity index is 877. The molecule has 0 bridgehead atoms. The van der Waals surface area contributed by atoms with Gasteiger partial charge >= 0.3 is 12.1 Å². The third kappa shape index (κ3) is 3.83. The summed E-state index contributed by atoms with van der Waals surface area (Å²) in [6.45, 7) is 0. The zero-order chi connectivity index (χ0) is 21.2. The van der Waals surface area contributed by atoms with Crippen molar-refractivity contribution in [3.8, 4) is 0 Å². The number of nitrogens with two attached hydrogens (primary N) is 1. The number of nitrogens with zero attached hydrogens (tertiary/aromatic N) is 2. The van der Waals surface area contributed by atoms with E-state index in [1.54, 1.807) is 30.3 Å². The monoisotopic (exact) mass is 407 g/mol. The molecule has 2 aromatic carbocycles. The predicted octanol–water partition coefficient (Wildman–Crippen LogP) is 2.55. The molecule has 1 saturated heterocycles. The van der Waals surface area contributed by atoms with Gasteiger partial charge in [0, 0.05) is 7.05 Å². The fourth-order valence-corrected chi connectivity index (χ4v) is 3.46. The van der Waals surface area contributed by atoms with Crippen molar-refractivity contribution in [1.29, 1.82) is 0 Å². The van der Waals surface area contributed by atoms with Crippen LogP contribution in [0.5, 0.6) is 0 Å². The number of alkyl halides is 3. The number of carbonyl (C=O) groups excluding carboxylic acids is 2. The Hall–Kier alpha value is -2.91. The molecule has 2 aromatic rings. The highest BCUT2D eigenvalue weighted by atomic mass is 19.4. The molecule has 1 heterocycles. The van der Waals surface area contributed by atoms with Crippen molar-refractivity contribution >= 4 is 11.9 Å². The summed E-state index contributed by atoms with van der Waals surface area (Å²) in [4.78, 5) is 30.6. The summed E-state index contributed by atoms with van der Waals surface area (Å²) in [5, 5.41) is 0.670. The summed E-state index contributed by atoms with van der Waals surface area (Å²) >= 11 is 0. The Labute approximate surface area is 165 Å². The average molecular weight is 407 g/mol. The zero-order valence-electron chi connectivity index (χ0n) is 15.6. The summed E-state index contributed by atoms with van der Waals surface area (Å²) in [5.41, 5.74) is 5.55. The largest absolute Gasteiger partial charge is 0.492 e. The molecule has 0 spiro atoms. The first-order valence-electron chi connectivity index (χ1n) is 8.88. The van der Waals surface area contributed by atoms with Gasteiger partial charge in [0.2, 0.25) is 0 Å². The molecule has 2 atom stereocenters. The maximum Gasteiger partial charge on any atom is 0.492 e. The Morgan fingerprint density at radius 2 is 1.66 bits per heavy atom. The number of hydrogen-bond donors (Lipinski definition) is 1. The first kappa shape index (κ1) is 20.8. The molecule has 0 aliphatic carbocycles. The van der Waals surface area contributed by atoms with Crippen LogP contribution in [0.4, 0.5) is 13.2 Å². The number of benzene rings is 2. The van der Waals surface area contributed by atoms with E-state index in [4.69, 9.17) is 5.73 Å².